The summed E-state index contributed by atoms with van der Waals surface area (Å²) in [5, 5.41) is 22.2. The molecule has 34 heavy (non-hydrogen) atoms. The molecule has 3 N–H and O–H groups in total. The Hall–Kier alpha value is -4.39. The molecule has 2 heterocycles. The SMILES string of the molecule is C=C1C(NC(=O)Nc2c(C)cncc2C)=CC(c2cccc(-c3cccc(O)c3)c2)=NN1CC. The number of carbonyl (C=O) groups is 1. The van der Waals surface area contributed by atoms with Crippen LogP contribution in [-0.4, -0.2) is 33.4 Å². The number of hydrogen-bond donors (Lipinski definition) is 3. The Labute approximate surface area is 199 Å². The van der Waals surface area contributed by atoms with Crippen LogP contribution in [0.2, 0.25) is 0 Å². The quantitative estimate of drug-likeness (QED) is 0.487. The average molecular weight is 454 g/mol. The molecule has 0 saturated heterocycles. The molecule has 0 spiro atoms. The van der Waals surface area contributed by atoms with Gasteiger partial charge in [-0.25, -0.2) is 4.79 Å². The zero-order valence-electron chi connectivity index (χ0n) is 19.5. The highest BCUT2D eigenvalue weighted by atomic mass is 16.3. The van der Waals surface area contributed by atoms with Gasteiger partial charge in [0.05, 0.1) is 22.8 Å². The van der Waals surface area contributed by atoms with Crippen molar-refractivity contribution in [3.05, 3.63) is 102 Å². The molecule has 0 saturated carbocycles. The van der Waals surface area contributed by atoms with Gasteiger partial charge in [-0.15, -0.1) is 0 Å². The number of pyridine rings is 1. The molecular formula is C27H27N5O2. The lowest BCUT2D eigenvalue weighted by atomic mass is 9.99. The third-order valence-electron chi connectivity index (χ3n) is 5.58. The number of aromatic hydroxyl groups is 1. The summed E-state index contributed by atoms with van der Waals surface area (Å²) in [6.07, 6.45) is 5.25. The fraction of sp³-hybridized carbons (Fsp3) is 0.148. The van der Waals surface area contributed by atoms with Crippen LogP contribution in [0, 0.1) is 13.8 Å². The minimum Gasteiger partial charge on any atom is -0.508 e. The predicted octanol–water partition coefficient (Wildman–Crippen LogP) is 5.33. The minimum atomic E-state index is -0.365. The first-order chi connectivity index (χ1) is 16.4. The number of hydrazone groups is 1. The number of phenolic OH excluding ortho intramolecular Hbond substituents is 1. The van der Waals surface area contributed by atoms with Crippen LogP contribution in [0.4, 0.5) is 10.5 Å². The third kappa shape index (κ3) is 4.83. The summed E-state index contributed by atoms with van der Waals surface area (Å²) in [6.45, 7) is 10.5. The lowest BCUT2D eigenvalue weighted by Gasteiger charge is -2.27. The zero-order valence-corrected chi connectivity index (χ0v) is 19.5. The zero-order chi connectivity index (χ0) is 24.2. The average Bonchev–Trinajstić information content (AvgIpc) is 2.83. The number of amides is 2. The van der Waals surface area contributed by atoms with E-state index >= 15 is 0 Å². The first-order valence-electron chi connectivity index (χ1n) is 11.0. The van der Waals surface area contributed by atoms with Crippen LogP contribution >= 0.6 is 0 Å². The summed E-state index contributed by atoms with van der Waals surface area (Å²) in [5.74, 6) is 0.212. The molecule has 7 nitrogen and oxygen atoms in total. The van der Waals surface area contributed by atoms with Crippen molar-refractivity contribution in [2.24, 2.45) is 5.10 Å². The van der Waals surface area contributed by atoms with Crippen LogP contribution < -0.4 is 10.6 Å². The predicted molar refractivity (Wildman–Crippen MR) is 136 cm³/mol. The van der Waals surface area contributed by atoms with Gasteiger partial charge >= 0.3 is 6.03 Å². The Bertz CT molecular complexity index is 1310. The van der Waals surface area contributed by atoms with Crippen molar-refractivity contribution >= 4 is 17.4 Å². The number of likely N-dealkylation sites (N-methyl/N-ethyl adjacent to an activating group) is 1. The molecule has 0 unspecified atom stereocenters. The standard InChI is InChI=1S/C27H27N5O2/c1-5-32-19(4)24(29-27(34)30-26-17(2)15-28-16-18(26)3)14-25(31-32)22-10-6-8-20(12-22)21-9-7-11-23(33)13-21/h6-16,33H,4-5H2,1-3H3,(H2,28,29,30,34). The molecule has 0 aliphatic carbocycles. The number of hydrogen-bond acceptors (Lipinski definition) is 5. The Kier molecular flexibility index (Phi) is 6.45. The van der Waals surface area contributed by atoms with Crippen molar-refractivity contribution in [1.82, 2.24) is 15.3 Å². The number of aryl methyl sites for hydroxylation is 2. The molecule has 172 valence electrons. The second kappa shape index (κ2) is 9.62. The van der Waals surface area contributed by atoms with Gasteiger partial charge in [0.25, 0.3) is 0 Å². The number of benzene rings is 2. The van der Waals surface area contributed by atoms with Crippen molar-refractivity contribution in [3.63, 3.8) is 0 Å². The smallest absolute Gasteiger partial charge is 0.323 e. The second-order valence-electron chi connectivity index (χ2n) is 8.06. The summed E-state index contributed by atoms with van der Waals surface area (Å²) < 4.78 is 0. The van der Waals surface area contributed by atoms with Gasteiger partial charge in [-0.1, -0.05) is 36.9 Å². The van der Waals surface area contributed by atoms with Crippen LogP contribution in [0.25, 0.3) is 11.1 Å². The van der Waals surface area contributed by atoms with Gasteiger partial charge in [-0.2, -0.15) is 5.10 Å². The molecule has 0 radical (unpaired) electrons. The van der Waals surface area contributed by atoms with Crippen LogP contribution in [0.15, 0.2) is 90.1 Å². The number of anilines is 1. The van der Waals surface area contributed by atoms with Gasteiger partial charge in [0.1, 0.15) is 5.75 Å². The van der Waals surface area contributed by atoms with E-state index in [2.05, 4.69) is 22.2 Å². The fourth-order valence-electron chi connectivity index (χ4n) is 3.80. The summed E-state index contributed by atoms with van der Waals surface area (Å²) in [7, 11) is 0. The number of phenols is 1. The van der Waals surface area contributed by atoms with E-state index in [1.807, 2.05) is 63.2 Å². The van der Waals surface area contributed by atoms with Crippen LogP contribution in [0.3, 0.4) is 0 Å². The van der Waals surface area contributed by atoms with Crippen LogP contribution in [-0.2, 0) is 0 Å². The highest BCUT2D eigenvalue weighted by Gasteiger charge is 2.20. The number of aromatic nitrogens is 1. The maximum atomic E-state index is 12.8. The lowest BCUT2D eigenvalue weighted by molar-refractivity contribution is 0.253. The number of urea groups is 1. The van der Waals surface area contributed by atoms with Crippen LogP contribution in [0.5, 0.6) is 5.75 Å². The van der Waals surface area contributed by atoms with E-state index in [0.29, 0.717) is 23.7 Å². The largest absolute Gasteiger partial charge is 0.508 e. The number of carbonyl (C=O) groups excluding carboxylic acids is 1. The van der Waals surface area contributed by atoms with Gasteiger partial charge in [-0.3, -0.25) is 9.99 Å². The van der Waals surface area contributed by atoms with Crippen molar-refractivity contribution in [2.45, 2.75) is 20.8 Å². The molecular weight excluding hydrogens is 426 g/mol. The van der Waals surface area contributed by atoms with Gasteiger partial charge in [0.15, 0.2) is 0 Å². The molecule has 0 fully saturated rings. The third-order valence-corrected chi connectivity index (χ3v) is 5.58. The number of nitrogens with one attached hydrogen (secondary N) is 2. The Morgan fingerprint density at radius 2 is 1.65 bits per heavy atom. The van der Waals surface area contributed by atoms with E-state index in [1.165, 1.54) is 0 Å². The van der Waals surface area contributed by atoms with Crippen molar-refractivity contribution in [3.8, 4) is 16.9 Å². The van der Waals surface area contributed by atoms with Crippen molar-refractivity contribution in [1.29, 1.82) is 0 Å². The molecule has 0 atom stereocenters. The molecule has 2 amide bonds. The summed E-state index contributed by atoms with van der Waals surface area (Å²) >= 11 is 0. The highest BCUT2D eigenvalue weighted by molar-refractivity contribution is 6.11. The van der Waals surface area contributed by atoms with E-state index in [1.54, 1.807) is 29.5 Å². The number of allylic oxidation sites excluding steroid dienone is 1. The lowest BCUT2D eigenvalue weighted by Crippen LogP contribution is -2.35. The topological polar surface area (TPSA) is 89.8 Å². The summed E-state index contributed by atoms with van der Waals surface area (Å²) in [4.78, 5) is 17.0. The van der Waals surface area contributed by atoms with E-state index in [4.69, 9.17) is 5.10 Å². The first kappa shape index (κ1) is 22.8. The second-order valence-corrected chi connectivity index (χ2v) is 8.06. The number of nitrogens with zero attached hydrogens (tertiary/aromatic N) is 3. The molecule has 1 aromatic heterocycles. The van der Waals surface area contributed by atoms with Gasteiger partial charge < -0.3 is 15.7 Å². The molecule has 3 aromatic rings. The van der Waals surface area contributed by atoms with E-state index in [-0.39, 0.29) is 11.8 Å². The molecule has 0 bridgehead atoms. The molecule has 7 heteroatoms. The molecule has 4 rings (SSSR count). The summed E-state index contributed by atoms with van der Waals surface area (Å²) in [5.41, 5.74) is 7.10. The normalized spacial score (nSPS) is 13.3. The van der Waals surface area contributed by atoms with Crippen LogP contribution in [0.1, 0.15) is 23.6 Å². The first-order valence-corrected chi connectivity index (χ1v) is 11.0. The Morgan fingerprint density at radius 3 is 2.32 bits per heavy atom. The molecule has 2 aromatic carbocycles. The maximum Gasteiger partial charge on any atom is 0.323 e. The minimum absolute atomic E-state index is 0.212. The van der Waals surface area contributed by atoms with Gasteiger partial charge in [0.2, 0.25) is 0 Å². The van der Waals surface area contributed by atoms with E-state index < -0.39 is 0 Å². The van der Waals surface area contributed by atoms with E-state index in [9.17, 15) is 9.90 Å². The number of rotatable bonds is 5. The molecule has 1 aliphatic heterocycles. The summed E-state index contributed by atoms with van der Waals surface area (Å²) in [6, 6.07) is 14.6. The maximum absolute atomic E-state index is 12.8. The molecule has 1 aliphatic rings. The van der Waals surface area contributed by atoms with E-state index in [0.717, 1.165) is 33.5 Å². The van der Waals surface area contributed by atoms with Gasteiger partial charge in [0, 0.05) is 24.5 Å². The Balaban J connectivity index is 1.62. The Morgan fingerprint density at radius 1 is 1.00 bits per heavy atom. The highest BCUT2D eigenvalue weighted by Crippen LogP contribution is 2.26. The monoisotopic (exact) mass is 453 g/mol. The van der Waals surface area contributed by atoms with Crippen molar-refractivity contribution < 1.29 is 9.90 Å². The fourth-order valence-corrected chi connectivity index (χ4v) is 3.80. The van der Waals surface area contributed by atoms with Gasteiger partial charge in [-0.05, 0) is 67.3 Å². The van der Waals surface area contributed by atoms with Crippen molar-refractivity contribution in [2.75, 3.05) is 11.9 Å².